The predicted molar refractivity (Wildman–Crippen MR) is 82.6 cm³/mol. The number of ether oxygens (including phenoxy) is 1. The molecule has 0 radical (unpaired) electrons. The van der Waals surface area contributed by atoms with Crippen molar-refractivity contribution in [2.45, 2.75) is 26.4 Å². The minimum Gasteiger partial charge on any atom is -0.486 e. The largest absolute Gasteiger partial charge is 0.486 e. The summed E-state index contributed by atoms with van der Waals surface area (Å²) in [7, 11) is 0. The van der Waals surface area contributed by atoms with E-state index < -0.39 is 5.97 Å². The Hall–Kier alpha value is -2.43. The van der Waals surface area contributed by atoms with Gasteiger partial charge in [0.15, 0.2) is 0 Å². The zero-order chi connectivity index (χ0) is 15.5. The summed E-state index contributed by atoms with van der Waals surface area (Å²) in [6.07, 6.45) is 2.50. The molecule has 5 nitrogen and oxygen atoms in total. The van der Waals surface area contributed by atoms with Crippen LogP contribution in [0.4, 0.5) is 5.69 Å². The average Bonchev–Trinajstić information content (AvgIpc) is 3.17. The Balaban J connectivity index is 1.65. The number of furan rings is 1. The maximum Gasteiger partial charge on any atom is 0.371 e. The second-order valence-corrected chi connectivity index (χ2v) is 5.50. The van der Waals surface area contributed by atoms with Crippen LogP contribution in [0.2, 0.25) is 0 Å². The highest BCUT2D eigenvalue weighted by atomic mass is 16.5. The van der Waals surface area contributed by atoms with Gasteiger partial charge in [-0.2, -0.15) is 0 Å². The van der Waals surface area contributed by atoms with Crippen LogP contribution in [-0.2, 0) is 6.61 Å². The number of hydrogen-bond acceptors (Lipinski definition) is 4. The standard InChI is InChI=1S/C17H19NO4/c1-12-10-13(4-6-15(12)18-8-2-3-9-18)21-11-14-5-7-16(22-14)17(19)20/h4-7,10H,2-3,8-9,11H2,1H3,(H,19,20). The van der Waals surface area contributed by atoms with Crippen molar-refractivity contribution in [2.75, 3.05) is 18.0 Å². The molecule has 0 unspecified atom stereocenters. The smallest absolute Gasteiger partial charge is 0.371 e. The Kier molecular flexibility index (Phi) is 4.04. The van der Waals surface area contributed by atoms with Crippen LogP contribution in [0.3, 0.4) is 0 Å². The molecule has 0 bridgehead atoms. The average molecular weight is 301 g/mol. The Labute approximate surface area is 129 Å². The molecule has 1 N–H and O–H groups in total. The lowest BCUT2D eigenvalue weighted by molar-refractivity contribution is 0.0658. The van der Waals surface area contributed by atoms with Crippen molar-refractivity contribution in [3.05, 3.63) is 47.4 Å². The van der Waals surface area contributed by atoms with E-state index in [1.165, 1.54) is 30.2 Å². The number of carbonyl (C=O) groups is 1. The first-order valence-corrected chi connectivity index (χ1v) is 7.44. The van der Waals surface area contributed by atoms with Gasteiger partial charge in [-0.3, -0.25) is 0 Å². The summed E-state index contributed by atoms with van der Waals surface area (Å²) in [6.45, 7) is 4.53. The maximum atomic E-state index is 10.8. The van der Waals surface area contributed by atoms with Gasteiger partial charge in [0.2, 0.25) is 5.76 Å². The van der Waals surface area contributed by atoms with E-state index in [4.69, 9.17) is 14.3 Å². The van der Waals surface area contributed by atoms with Crippen LogP contribution in [0, 0.1) is 6.92 Å². The lowest BCUT2D eigenvalue weighted by atomic mass is 10.1. The summed E-state index contributed by atoms with van der Waals surface area (Å²) >= 11 is 0. The van der Waals surface area contributed by atoms with Crippen LogP contribution in [0.5, 0.6) is 5.75 Å². The Morgan fingerprint density at radius 1 is 1.27 bits per heavy atom. The van der Waals surface area contributed by atoms with Crippen molar-refractivity contribution in [1.82, 2.24) is 0 Å². The number of nitrogens with zero attached hydrogens (tertiary/aromatic N) is 1. The van der Waals surface area contributed by atoms with Crippen LogP contribution in [0.1, 0.15) is 34.7 Å². The number of rotatable bonds is 5. The van der Waals surface area contributed by atoms with Crippen molar-refractivity contribution in [3.8, 4) is 5.75 Å². The first kappa shape index (κ1) is 14.5. The topological polar surface area (TPSA) is 62.9 Å². The summed E-state index contributed by atoms with van der Waals surface area (Å²) in [4.78, 5) is 13.2. The first-order chi connectivity index (χ1) is 10.6. The third-order valence-corrected chi connectivity index (χ3v) is 3.87. The maximum absolute atomic E-state index is 10.8. The number of carboxylic acid groups (broad SMARTS) is 1. The molecular formula is C17H19NO4. The van der Waals surface area contributed by atoms with Gasteiger partial charge < -0.3 is 19.2 Å². The van der Waals surface area contributed by atoms with Crippen LogP contribution < -0.4 is 9.64 Å². The van der Waals surface area contributed by atoms with Crippen molar-refractivity contribution in [1.29, 1.82) is 0 Å². The van der Waals surface area contributed by atoms with E-state index in [-0.39, 0.29) is 12.4 Å². The van der Waals surface area contributed by atoms with E-state index in [0.29, 0.717) is 5.76 Å². The van der Waals surface area contributed by atoms with Gasteiger partial charge in [0.05, 0.1) is 0 Å². The molecule has 1 fully saturated rings. The SMILES string of the molecule is Cc1cc(OCc2ccc(C(=O)O)o2)ccc1N1CCCC1. The second kappa shape index (κ2) is 6.13. The molecule has 0 spiro atoms. The van der Waals surface area contributed by atoms with Crippen LogP contribution in [0.15, 0.2) is 34.7 Å². The van der Waals surface area contributed by atoms with Gasteiger partial charge >= 0.3 is 5.97 Å². The molecule has 0 aliphatic carbocycles. The Bertz CT molecular complexity index is 671. The minimum atomic E-state index is -1.07. The van der Waals surface area contributed by atoms with E-state index in [9.17, 15) is 4.79 Å². The van der Waals surface area contributed by atoms with E-state index in [2.05, 4.69) is 17.9 Å². The molecule has 1 aliphatic rings. The van der Waals surface area contributed by atoms with E-state index >= 15 is 0 Å². The van der Waals surface area contributed by atoms with Crippen LogP contribution >= 0.6 is 0 Å². The summed E-state index contributed by atoms with van der Waals surface area (Å²) in [5.74, 6) is 0.114. The molecule has 1 aromatic carbocycles. The lowest BCUT2D eigenvalue weighted by Gasteiger charge is -2.20. The number of anilines is 1. The third kappa shape index (κ3) is 3.08. The number of aromatic carboxylic acids is 1. The van der Waals surface area contributed by atoms with Gasteiger partial charge in [-0.15, -0.1) is 0 Å². The third-order valence-electron chi connectivity index (χ3n) is 3.87. The van der Waals surface area contributed by atoms with Gasteiger partial charge in [0.1, 0.15) is 18.1 Å². The molecule has 2 aromatic rings. The molecule has 22 heavy (non-hydrogen) atoms. The zero-order valence-corrected chi connectivity index (χ0v) is 12.5. The molecule has 1 saturated heterocycles. The highest BCUT2D eigenvalue weighted by Crippen LogP contribution is 2.28. The van der Waals surface area contributed by atoms with Gasteiger partial charge in [-0.05, 0) is 55.7 Å². The summed E-state index contributed by atoms with van der Waals surface area (Å²) in [5.41, 5.74) is 2.45. The van der Waals surface area contributed by atoms with E-state index in [1.807, 2.05) is 12.1 Å². The Morgan fingerprint density at radius 2 is 2.05 bits per heavy atom. The molecule has 1 aromatic heterocycles. The summed E-state index contributed by atoms with van der Waals surface area (Å²) in [5, 5.41) is 8.81. The molecular weight excluding hydrogens is 282 g/mol. The quantitative estimate of drug-likeness (QED) is 0.916. The van der Waals surface area contributed by atoms with Gasteiger partial charge in [-0.1, -0.05) is 0 Å². The highest BCUT2D eigenvalue weighted by molar-refractivity contribution is 5.84. The van der Waals surface area contributed by atoms with Gasteiger partial charge in [-0.25, -0.2) is 4.79 Å². The van der Waals surface area contributed by atoms with Crippen molar-refractivity contribution < 1.29 is 19.1 Å². The first-order valence-electron chi connectivity index (χ1n) is 7.44. The fraction of sp³-hybridized carbons (Fsp3) is 0.353. The minimum absolute atomic E-state index is 0.0702. The molecule has 3 rings (SSSR count). The zero-order valence-electron chi connectivity index (χ0n) is 12.5. The van der Waals surface area contributed by atoms with Crippen molar-refractivity contribution in [3.63, 3.8) is 0 Å². The molecule has 0 amide bonds. The predicted octanol–water partition coefficient (Wildman–Crippen LogP) is 3.47. The number of benzene rings is 1. The number of hydrogen-bond donors (Lipinski definition) is 1. The normalized spacial score (nSPS) is 14.3. The van der Waals surface area contributed by atoms with Crippen molar-refractivity contribution in [2.24, 2.45) is 0 Å². The molecule has 1 aliphatic heterocycles. The summed E-state index contributed by atoms with van der Waals surface area (Å²) < 4.78 is 10.8. The highest BCUT2D eigenvalue weighted by Gasteiger charge is 2.15. The second-order valence-electron chi connectivity index (χ2n) is 5.50. The molecule has 116 valence electrons. The fourth-order valence-corrected chi connectivity index (χ4v) is 2.76. The number of aryl methyl sites for hydroxylation is 1. The van der Waals surface area contributed by atoms with Gasteiger partial charge in [0.25, 0.3) is 0 Å². The van der Waals surface area contributed by atoms with E-state index in [0.717, 1.165) is 18.8 Å². The molecule has 0 saturated carbocycles. The van der Waals surface area contributed by atoms with Gasteiger partial charge in [0, 0.05) is 18.8 Å². The Morgan fingerprint density at radius 3 is 2.68 bits per heavy atom. The van der Waals surface area contributed by atoms with Crippen LogP contribution in [0.25, 0.3) is 0 Å². The number of carboxylic acids is 1. The van der Waals surface area contributed by atoms with Crippen LogP contribution in [-0.4, -0.2) is 24.2 Å². The molecule has 2 heterocycles. The molecule has 0 atom stereocenters. The fourth-order valence-electron chi connectivity index (χ4n) is 2.76. The molecule has 5 heteroatoms. The van der Waals surface area contributed by atoms with Crippen molar-refractivity contribution >= 4 is 11.7 Å². The summed E-state index contributed by atoms with van der Waals surface area (Å²) in [6, 6.07) is 9.09. The lowest BCUT2D eigenvalue weighted by Crippen LogP contribution is -2.18. The monoisotopic (exact) mass is 301 g/mol. The van der Waals surface area contributed by atoms with E-state index in [1.54, 1.807) is 6.07 Å².